The number of amides is 1. The first-order valence-electron chi connectivity index (χ1n) is 5.67. The molecule has 0 aliphatic carbocycles. The normalized spacial score (nSPS) is 10.6. The minimum absolute atomic E-state index is 0.106. The Labute approximate surface area is 108 Å². The Morgan fingerprint density at radius 3 is 2.71 bits per heavy atom. The maximum Gasteiger partial charge on any atom is 0.221 e. The standard InChI is InChI=1S/C13H20N2OS/c1-15(2)9-8-13(16)14-10-11-6-4-5-7-12(11)17-3/h4-7H,8-10H2,1-3H3,(H,14,16). The van der Waals surface area contributed by atoms with Crippen LogP contribution < -0.4 is 5.32 Å². The molecule has 3 nitrogen and oxygen atoms in total. The molecule has 1 aromatic carbocycles. The van der Waals surface area contributed by atoms with Gasteiger partial charge >= 0.3 is 0 Å². The van der Waals surface area contributed by atoms with Gasteiger partial charge in [-0.15, -0.1) is 11.8 Å². The van der Waals surface area contributed by atoms with Crippen LogP contribution >= 0.6 is 11.8 Å². The fourth-order valence-corrected chi connectivity index (χ4v) is 2.07. The molecule has 0 saturated carbocycles. The summed E-state index contributed by atoms with van der Waals surface area (Å²) in [5, 5.41) is 2.95. The van der Waals surface area contributed by atoms with Crippen LogP contribution in [-0.4, -0.2) is 37.7 Å². The molecule has 0 spiro atoms. The second-order valence-electron chi connectivity index (χ2n) is 4.14. The second kappa shape index (κ2) is 7.35. The van der Waals surface area contributed by atoms with E-state index >= 15 is 0 Å². The van der Waals surface area contributed by atoms with E-state index in [-0.39, 0.29) is 5.91 Å². The molecule has 0 unspecified atom stereocenters. The summed E-state index contributed by atoms with van der Waals surface area (Å²) in [5.41, 5.74) is 1.18. The molecule has 0 aromatic heterocycles. The van der Waals surface area contributed by atoms with Crippen molar-refractivity contribution in [1.82, 2.24) is 10.2 Å². The molecular formula is C13H20N2OS. The SMILES string of the molecule is CSc1ccccc1CNC(=O)CCN(C)C. The summed E-state index contributed by atoms with van der Waals surface area (Å²) < 4.78 is 0. The van der Waals surface area contributed by atoms with Crippen molar-refractivity contribution in [2.24, 2.45) is 0 Å². The van der Waals surface area contributed by atoms with E-state index in [4.69, 9.17) is 0 Å². The Morgan fingerprint density at radius 2 is 2.06 bits per heavy atom. The van der Waals surface area contributed by atoms with Crippen LogP contribution in [0.15, 0.2) is 29.2 Å². The molecule has 4 heteroatoms. The number of carbonyl (C=O) groups is 1. The molecule has 1 aromatic rings. The quantitative estimate of drug-likeness (QED) is 0.786. The fourth-order valence-electron chi connectivity index (χ4n) is 1.46. The lowest BCUT2D eigenvalue weighted by molar-refractivity contribution is -0.121. The van der Waals surface area contributed by atoms with E-state index in [1.807, 2.05) is 37.4 Å². The number of benzene rings is 1. The molecule has 0 aliphatic heterocycles. The summed E-state index contributed by atoms with van der Waals surface area (Å²) in [6.45, 7) is 1.40. The number of rotatable bonds is 6. The molecule has 0 atom stereocenters. The molecular weight excluding hydrogens is 232 g/mol. The topological polar surface area (TPSA) is 32.3 Å². The van der Waals surface area contributed by atoms with Gasteiger partial charge in [-0.25, -0.2) is 0 Å². The summed E-state index contributed by atoms with van der Waals surface area (Å²) in [6, 6.07) is 8.15. The van der Waals surface area contributed by atoms with Gasteiger partial charge < -0.3 is 10.2 Å². The summed E-state index contributed by atoms with van der Waals surface area (Å²) >= 11 is 1.71. The third-order valence-corrected chi connectivity index (χ3v) is 3.29. The van der Waals surface area contributed by atoms with Crippen LogP contribution in [0.2, 0.25) is 0 Å². The summed E-state index contributed by atoms with van der Waals surface area (Å²) in [5.74, 6) is 0.106. The average Bonchev–Trinajstić information content (AvgIpc) is 2.34. The Balaban J connectivity index is 2.42. The smallest absolute Gasteiger partial charge is 0.221 e. The molecule has 1 rings (SSSR count). The molecule has 0 fully saturated rings. The minimum Gasteiger partial charge on any atom is -0.352 e. The zero-order valence-corrected chi connectivity index (χ0v) is 11.5. The predicted octanol–water partition coefficient (Wildman–Crippen LogP) is 1.98. The highest BCUT2D eigenvalue weighted by molar-refractivity contribution is 7.98. The van der Waals surface area contributed by atoms with Gasteiger partial charge in [0, 0.05) is 24.4 Å². The lowest BCUT2D eigenvalue weighted by atomic mass is 10.2. The van der Waals surface area contributed by atoms with Crippen molar-refractivity contribution in [2.75, 3.05) is 26.9 Å². The first-order chi connectivity index (χ1) is 8.13. The van der Waals surface area contributed by atoms with E-state index in [0.717, 1.165) is 6.54 Å². The molecule has 0 heterocycles. The van der Waals surface area contributed by atoms with Crippen LogP contribution in [0.4, 0.5) is 0 Å². The van der Waals surface area contributed by atoms with Gasteiger partial charge in [-0.3, -0.25) is 4.79 Å². The lowest BCUT2D eigenvalue weighted by Gasteiger charge is -2.11. The van der Waals surface area contributed by atoms with E-state index in [9.17, 15) is 4.79 Å². The van der Waals surface area contributed by atoms with Crippen LogP contribution in [0.25, 0.3) is 0 Å². The van der Waals surface area contributed by atoms with Crippen LogP contribution in [0, 0.1) is 0 Å². The summed E-state index contributed by atoms with van der Waals surface area (Å²) in [7, 11) is 3.94. The number of nitrogens with zero attached hydrogens (tertiary/aromatic N) is 1. The first kappa shape index (κ1) is 14.1. The molecule has 0 aliphatic rings. The molecule has 94 valence electrons. The van der Waals surface area contributed by atoms with Crippen molar-refractivity contribution in [1.29, 1.82) is 0 Å². The maximum absolute atomic E-state index is 11.6. The van der Waals surface area contributed by atoms with Gasteiger partial charge in [0.25, 0.3) is 0 Å². The van der Waals surface area contributed by atoms with Gasteiger partial charge in [-0.2, -0.15) is 0 Å². The van der Waals surface area contributed by atoms with Gasteiger partial charge in [0.2, 0.25) is 5.91 Å². The van der Waals surface area contributed by atoms with Crippen molar-refractivity contribution in [3.8, 4) is 0 Å². The number of nitrogens with one attached hydrogen (secondary N) is 1. The van der Waals surface area contributed by atoms with E-state index in [2.05, 4.69) is 17.4 Å². The van der Waals surface area contributed by atoms with Crippen LogP contribution in [0.3, 0.4) is 0 Å². The number of hydrogen-bond donors (Lipinski definition) is 1. The molecule has 0 bridgehead atoms. The highest BCUT2D eigenvalue weighted by atomic mass is 32.2. The molecule has 0 radical (unpaired) electrons. The van der Waals surface area contributed by atoms with E-state index < -0.39 is 0 Å². The minimum atomic E-state index is 0.106. The zero-order chi connectivity index (χ0) is 12.7. The third-order valence-electron chi connectivity index (χ3n) is 2.45. The molecule has 0 saturated heterocycles. The largest absolute Gasteiger partial charge is 0.352 e. The Bertz CT molecular complexity index is 366. The zero-order valence-electron chi connectivity index (χ0n) is 10.7. The number of hydrogen-bond acceptors (Lipinski definition) is 3. The van der Waals surface area contributed by atoms with Crippen LogP contribution in [0.1, 0.15) is 12.0 Å². The lowest BCUT2D eigenvalue weighted by Crippen LogP contribution is -2.27. The van der Waals surface area contributed by atoms with Crippen molar-refractivity contribution in [3.63, 3.8) is 0 Å². The maximum atomic E-state index is 11.6. The number of thioether (sulfide) groups is 1. The first-order valence-corrected chi connectivity index (χ1v) is 6.89. The summed E-state index contributed by atoms with van der Waals surface area (Å²) in [6.07, 6.45) is 2.60. The van der Waals surface area contributed by atoms with Crippen molar-refractivity contribution in [2.45, 2.75) is 17.9 Å². The van der Waals surface area contributed by atoms with E-state index in [1.165, 1.54) is 10.5 Å². The van der Waals surface area contributed by atoms with E-state index in [1.54, 1.807) is 11.8 Å². The second-order valence-corrected chi connectivity index (χ2v) is 4.99. The fraction of sp³-hybridized carbons (Fsp3) is 0.462. The monoisotopic (exact) mass is 252 g/mol. The van der Waals surface area contributed by atoms with Gasteiger partial charge in [0.1, 0.15) is 0 Å². The summed E-state index contributed by atoms with van der Waals surface area (Å²) in [4.78, 5) is 14.8. The van der Waals surface area contributed by atoms with Crippen molar-refractivity contribution >= 4 is 17.7 Å². The van der Waals surface area contributed by atoms with Crippen molar-refractivity contribution < 1.29 is 4.79 Å². The van der Waals surface area contributed by atoms with Gasteiger partial charge in [0.15, 0.2) is 0 Å². The van der Waals surface area contributed by atoms with E-state index in [0.29, 0.717) is 13.0 Å². The number of carbonyl (C=O) groups excluding carboxylic acids is 1. The Hall–Kier alpha value is -1.00. The predicted molar refractivity (Wildman–Crippen MR) is 73.2 cm³/mol. The molecule has 1 amide bonds. The highest BCUT2D eigenvalue weighted by Gasteiger charge is 2.04. The van der Waals surface area contributed by atoms with Gasteiger partial charge in [-0.1, -0.05) is 18.2 Å². The van der Waals surface area contributed by atoms with Crippen LogP contribution in [-0.2, 0) is 11.3 Å². The van der Waals surface area contributed by atoms with Gasteiger partial charge in [-0.05, 0) is 32.0 Å². The van der Waals surface area contributed by atoms with Crippen LogP contribution in [0.5, 0.6) is 0 Å². The third kappa shape index (κ3) is 5.24. The molecule has 1 N–H and O–H groups in total. The highest BCUT2D eigenvalue weighted by Crippen LogP contribution is 2.19. The van der Waals surface area contributed by atoms with Crippen molar-refractivity contribution in [3.05, 3.63) is 29.8 Å². The molecule has 17 heavy (non-hydrogen) atoms. The average molecular weight is 252 g/mol. The van der Waals surface area contributed by atoms with Gasteiger partial charge in [0.05, 0.1) is 0 Å². The Morgan fingerprint density at radius 1 is 1.35 bits per heavy atom. The Kier molecular flexibility index (Phi) is 6.08.